The number of hydrogen-bond donors (Lipinski definition) is 5. The van der Waals surface area contributed by atoms with Crippen LogP contribution in [0.5, 0.6) is 5.75 Å². The number of hydrogen-bond acceptors (Lipinski definition) is 8. The van der Waals surface area contributed by atoms with Crippen LogP contribution in [0.1, 0.15) is 37.7 Å². The maximum absolute atomic E-state index is 14.5. The van der Waals surface area contributed by atoms with Crippen LogP contribution in [0.2, 0.25) is 0 Å². The second-order valence-electron chi connectivity index (χ2n) is 10.5. The molecule has 1 amide bonds. The van der Waals surface area contributed by atoms with Gasteiger partial charge in [0.2, 0.25) is 6.41 Å². The van der Waals surface area contributed by atoms with Crippen molar-refractivity contribution in [3.8, 4) is 5.75 Å². The number of carbonyl (C=O) groups excluding carboxylic acids is 1. The van der Waals surface area contributed by atoms with Gasteiger partial charge in [0.25, 0.3) is 0 Å². The highest BCUT2D eigenvalue weighted by molar-refractivity contribution is 5.51. The van der Waals surface area contributed by atoms with Gasteiger partial charge in [0.15, 0.2) is 0 Å². The van der Waals surface area contributed by atoms with E-state index in [1.807, 2.05) is 36.4 Å². The largest absolute Gasteiger partial charge is 0.497 e. The first kappa shape index (κ1) is 40.3. The molecule has 9 nitrogen and oxygen atoms in total. The van der Waals surface area contributed by atoms with E-state index in [1.54, 1.807) is 13.2 Å². The van der Waals surface area contributed by atoms with Crippen molar-refractivity contribution in [2.24, 2.45) is 0 Å². The van der Waals surface area contributed by atoms with Gasteiger partial charge in [0, 0.05) is 71.2 Å². The summed E-state index contributed by atoms with van der Waals surface area (Å²) in [6, 6.07) is 15.2. The Kier molecular flexibility index (Phi) is 23.2. The van der Waals surface area contributed by atoms with Crippen molar-refractivity contribution in [2.45, 2.75) is 44.6 Å². The lowest BCUT2D eigenvalue weighted by molar-refractivity contribution is -0.109. The number of aliphatic hydroxyl groups excluding tert-OH is 2. The van der Waals surface area contributed by atoms with Crippen LogP contribution in [0.25, 0.3) is 0 Å². The van der Waals surface area contributed by atoms with Crippen molar-refractivity contribution < 1.29 is 28.9 Å². The zero-order chi connectivity index (χ0) is 33.8. The summed E-state index contributed by atoms with van der Waals surface area (Å²) in [5.41, 5.74) is 3.17. The summed E-state index contributed by atoms with van der Waals surface area (Å²) < 4.78 is 26.0. The van der Waals surface area contributed by atoms with E-state index in [0.29, 0.717) is 37.3 Å². The molecule has 4 rings (SSSR count). The molecule has 2 aromatic carbocycles. The number of carbonyl (C=O) groups is 1. The van der Waals surface area contributed by atoms with Crippen molar-refractivity contribution in [2.75, 3.05) is 72.0 Å². The number of amides is 1. The Labute approximate surface area is 275 Å². The third-order valence-electron chi connectivity index (χ3n) is 7.24. The maximum Gasteiger partial charge on any atom is 0.207 e. The third kappa shape index (κ3) is 17.7. The molecule has 0 aliphatic carbocycles. The molecule has 5 N–H and O–H groups in total. The van der Waals surface area contributed by atoms with Crippen molar-refractivity contribution >= 4 is 12.1 Å². The van der Waals surface area contributed by atoms with Crippen LogP contribution >= 0.6 is 0 Å². The van der Waals surface area contributed by atoms with Gasteiger partial charge in [-0.2, -0.15) is 0 Å². The highest BCUT2D eigenvalue weighted by atomic mass is 19.1. The van der Waals surface area contributed by atoms with Crippen LogP contribution in [-0.2, 0) is 16.0 Å². The second kappa shape index (κ2) is 26.5. The molecule has 0 spiro atoms. The first-order valence-corrected chi connectivity index (χ1v) is 15.9. The van der Waals surface area contributed by atoms with Crippen molar-refractivity contribution in [3.63, 3.8) is 0 Å². The minimum atomic E-state index is -0.319. The average molecular weight is 643 g/mol. The number of anilines is 1. The van der Waals surface area contributed by atoms with Crippen LogP contribution in [0.3, 0.4) is 0 Å². The van der Waals surface area contributed by atoms with E-state index in [4.69, 9.17) is 19.7 Å². The molecule has 1 atom stereocenters. The molecular formula is C36H55FN4O5. The van der Waals surface area contributed by atoms with Gasteiger partial charge in [0.05, 0.1) is 7.11 Å². The Morgan fingerprint density at radius 3 is 2.28 bits per heavy atom. The fraction of sp³-hybridized carbons (Fsp3) is 0.472. The summed E-state index contributed by atoms with van der Waals surface area (Å²) in [6.07, 6.45) is 12.2. The van der Waals surface area contributed by atoms with Crippen LogP contribution in [0, 0.1) is 5.82 Å². The van der Waals surface area contributed by atoms with Gasteiger partial charge in [-0.3, -0.25) is 4.79 Å². The van der Waals surface area contributed by atoms with Crippen molar-refractivity contribution in [1.29, 1.82) is 0 Å². The minimum Gasteiger partial charge on any atom is -0.497 e. The lowest BCUT2D eigenvalue weighted by atomic mass is 10.0. The number of aliphatic hydroxyl groups is 2. The number of ether oxygens (including phenoxy) is 2. The number of halogens is 1. The number of piperazine rings is 1. The molecule has 2 aromatic rings. The predicted octanol–water partition coefficient (Wildman–Crippen LogP) is 4.37. The molecule has 2 aliphatic heterocycles. The predicted molar refractivity (Wildman–Crippen MR) is 186 cm³/mol. The molecule has 46 heavy (non-hydrogen) atoms. The van der Waals surface area contributed by atoms with E-state index < -0.39 is 0 Å². The highest BCUT2D eigenvalue weighted by Crippen LogP contribution is 2.26. The zero-order valence-electron chi connectivity index (χ0n) is 27.8. The fourth-order valence-corrected chi connectivity index (χ4v) is 4.82. The van der Waals surface area contributed by atoms with Crippen molar-refractivity contribution in [1.82, 2.24) is 16.0 Å². The van der Waals surface area contributed by atoms with Crippen LogP contribution in [-0.4, -0.2) is 89.9 Å². The molecule has 2 saturated heterocycles. The molecule has 0 bridgehead atoms. The quantitative estimate of drug-likeness (QED) is 0.0843. The number of nitrogens with one attached hydrogen (secondary N) is 3. The Morgan fingerprint density at radius 2 is 1.67 bits per heavy atom. The average Bonchev–Trinajstić information content (AvgIpc) is 3.71. The summed E-state index contributed by atoms with van der Waals surface area (Å²) in [4.78, 5) is 13.0. The summed E-state index contributed by atoms with van der Waals surface area (Å²) in [7, 11) is 3.59. The van der Waals surface area contributed by atoms with Gasteiger partial charge in [-0.05, 0) is 62.9 Å². The monoisotopic (exact) mass is 642 g/mol. The summed E-state index contributed by atoms with van der Waals surface area (Å²) in [5, 5.41) is 23.3. The van der Waals surface area contributed by atoms with Crippen molar-refractivity contribution in [3.05, 3.63) is 96.1 Å². The second-order valence-corrected chi connectivity index (χ2v) is 10.5. The lowest BCUT2D eigenvalue weighted by Gasteiger charge is -2.30. The highest BCUT2D eigenvalue weighted by Gasteiger charge is 2.16. The van der Waals surface area contributed by atoms with Crippen LogP contribution < -0.4 is 25.6 Å². The smallest absolute Gasteiger partial charge is 0.207 e. The standard InChI is InChI=1S/C30H38FN3O3.C4H9N.2CH4O/c1-24(36-2)8-9-26(11-10-25-6-4-3-5-7-25)12-13-29(14-15-33-23-35)37-30-21-27(31)20-28(22-30)34-18-16-32-17-19-34;1-2-4-5-3-1;2*1-2/h3-9,11,20-23,29,32H,1,10,12-19H2,2H3,(H,33,35);5H,1-4H2;2*2H,1H3/b9-8-,26-11+;;;. The summed E-state index contributed by atoms with van der Waals surface area (Å²) in [5.74, 6) is 0.761. The SMILES string of the molecule is C1CCNC1.C=C(/C=C\C(=C/Cc1ccccc1)CCC(CCNC=O)Oc1cc(F)cc(N2CCNCC2)c1)OC.CO.CO. The number of nitrogens with zero attached hydrogens (tertiary/aromatic N) is 1. The Hall–Kier alpha value is -3.70. The van der Waals surface area contributed by atoms with E-state index in [-0.39, 0.29) is 11.9 Å². The fourth-order valence-electron chi connectivity index (χ4n) is 4.82. The first-order valence-electron chi connectivity index (χ1n) is 15.9. The van der Waals surface area contributed by atoms with Gasteiger partial charge < -0.3 is 40.5 Å². The molecular weight excluding hydrogens is 587 g/mol. The summed E-state index contributed by atoms with van der Waals surface area (Å²) in [6.45, 7) is 10.2. The normalized spacial score (nSPS) is 14.8. The molecule has 1 unspecified atom stereocenters. The Morgan fingerprint density at radius 1 is 1.00 bits per heavy atom. The van der Waals surface area contributed by atoms with E-state index in [9.17, 15) is 9.18 Å². The Balaban J connectivity index is 0.00000104. The molecule has 10 heteroatoms. The maximum atomic E-state index is 14.5. The molecule has 2 heterocycles. The van der Waals surface area contributed by atoms with Gasteiger partial charge in [-0.1, -0.05) is 54.6 Å². The zero-order valence-corrected chi connectivity index (χ0v) is 27.8. The number of methoxy groups -OCH3 is 1. The number of rotatable bonds is 15. The molecule has 0 radical (unpaired) electrons. The van der Waals surface area contributed by atoms with Gasteiger partial charge in [-0.15, -0.1) is 0 Å². The topological polar surface area (TPSA) is 115 Å². The molecule has 0 saturated carbocycles. The molecule has 2 fully saturated rings. The minimum absolute atomic E-state index is 0.204. The van der Waals surface area contributed by atoms with E-state index in [1.165, 1.54) is 37.6 Å². The Bertz CT molecular complexity index is 1130. The summed E-state index contributed by atoms with van der Waals surface area (Å²) >= 11 is 0. The third-order valence-corrected chi connectivity index (χ3v) is 7.24. The van der Waals surface area contributed by atoms with Crippen LogP contribution in [0.4, 0.5) is 10.1 Å². The molecule has 2 aliphatic rings. The van der Waals surface area contributed by atoms with Gasteiger partial charge in [-0.25, -0.2) is 4.39 Å². The molecule has 0 aromatic heterocycles. The van der Waals surface area contributed by atoms with Crippen LogP contribution in [0.15, 0.2) is 84.7 Å². The first-order chi connectivity index (χ1) is 22.6. The number of allylic oxidation sites excluding steroid dienone is 4. The molecule has 256 valence electrons. The van der Waals surface area contributed by atoms with Gasteiger partial charge in [0.1, 0.15) is 23.4 Å². The van der Waals surface area contributed by atoms with E-state index >= 15 is 0 Å². The lowest BCUT2D eigenvalue weighted by Crippen LogP contribution is -2.43. The van der Waals surface area contributed by atoms with E-state index in [0.717, 1.165) is 64.5 Å². The number of benzene rings is 2. The van der Waals surface area contributed by atoms with E-state index in [2.05, 4.69) is 45.6 Å². The van der Waals surface area contributed by atoms with Gasteiger partial charge >= 0.3 is 0 Å².